The smallest absolute Gasteiger partial charge is 0.337 e. The number of carbonyl (C=O) groups excluding carboxylic acids is 1. The molecule has 2 aromatic rings. The Balaban J connectivity index is 1.66. The van der Waals surface area contributed by atoms with E-state index in [1.54, 1.807) is 0 Å². The van der Waals surface area contributed by atoms with Crippen LogP contribution in [-0.4, -0.2) is 39.8 Å². The molecule has 2 N–H and O–H groups in total. The highest BCUT2D eigenvalue weighted by Gasteiger charge is 2.26. The topological polar surface area (TPSA) is 76.0 Å². The van der Waals surface area contributed by atoms with Gasteiger partial charge in [-0.1, -0.05) is 6.07 Å². The highest BCUT2D eigenvalue weighted by molar-refractivity contribution is 8.24. The van der Waals surface area contributed by atoms with Crippen molar-refractivity contribution in [1.82, 2.24) is 0 Å². The van der Waals surface area contributed by atoms with Crippen molar-refractivity contribution in [2.24, 2.45) is 0 Å². The third-order valence-corrected chi connectivity index (χ3v) is 7.70. The van der Waals surface area contributed by atoms with Crippen LogP contribution in [0.3, 0.4) is 0 Å². The van der Waals surface area contributed by atoms with Crippen LogP contribution in [0.2, 0.25) is 0 Å². The van der Waals surface area contributed by atoms with Crippen molar-refractivity contribution in [2.45, 2.75) is 45.1 Å². The first-order valence-corrected chi connectivity index (χ1v) is 12.0. The summed E-state index contributed by atoms with van der Waals surface area (Å²) in [6.07, 6.45) is 4.34. The number of hydrogen-bond acceptors (Lipinski definition) is 5. The van der Waals surface area contributed by atoms with Crippen LogP contribution in [0.15, 0.2) is 30.3 Å². The number of fused-ring (bicyclic) bond motifs is 3. The molecule has 2 aromatic carbocycles. The first kappa shape index (κ1) is 20.3. The molecule has 4 rings (SSSR count). The van der Waals surface area contributed by atoms with Crippen LogP contribution in [-0.2, 0) is 17.6 Å². The van der Waals surface area contributed by atoms with Crippen LogP contribution < -0.4 is 4.74 Å². The van der Waals surface area contributed by atoms with Crippen LogP contribution in [0.5, 0.6) is 5.75 Å². The Bertz CT molecular complexity index is 927. The molecule has 0 atom stereocenters. The summed E-state index contributed by atoms with van der Waals surface area (Å²) in [7, 11) is -0.996. The summed E-state index contributed by atoms with van der Waals surface area (Å²) in [5.74, 6) is 1.37. The average molecular weight is 417 g/mol. The largest absolute Gasteiger partial charge is 0.490 e. The van der Waals surface area contributed by atoms with E-state index in [1.807, 2.05) is 18.2 Å². The average Bonchev–Trinajstić information content (AvgIpc) is 2.87. The van der Waals surface area contributed by atoms with Crippen LogP contribution in [0, 0.1) is 6.92 Å². The fourth-order valence-corrected chi connectivity index (χ4v) is 5.90. The number of ether oxygens (including phenoxy) is 2. The molecule has 1 saturated heterocycles. The number of esters is 1. The fraction of sp³-hybridized carbons (Fsp3) is 0.435. The standard InChI is InChI=1S/C23H28O5S/c1-15-12-20(28-19-8-10-29(25,26)11-9-19)13-17-5-3-4-16-6-7-18(23(24)27-2)14-21(16)22(15)17/h6-7,12-14,19,25-26H,3-5,8-11H2,1-2H3. The van der Waals surface area contributed by atoms with Gasteiger partial charge in [0.05, 0.1) is 12.7 Å². The minimum Gasteiger partial charge on any atom is -0.490 e. The molecule has 0 spiro atoms. The number of aryl methyl sites for hydroxylation is 3. The summed E-state index contributed by atoms with van der Waals surface area (Å²) in [4.78, 5) is 12.0. The van der Waals surface area contributed by atoms with Crippen LogP contribution >= 0.6 is 10.6 Å². The second kappa shape index (κ2) is 8.01. The summed E-state index contributed by atoms with van der Waals surface area (Å²) in [6.45, 7) is 2.09. The Morgan fingerprint density at radius 2 is 1.79 bits per heavy atom. The second-order valence-electron chi connectivity index (χ2n) is 8.02. The molecule has 0 radical (unpaired) electrons. The van der Waals surface area contributed by atoms with E-state index >= 15 is 0 Å². The molecule has 0 saturated carbocycles. The summed E-state index contributed by atoms with van der Waals surface area (Å²) in [5, 5.41) is 0. The first-order chi connectivity index (χ1) is 13.9. The Morgan fingerprint density at radius 3 is 2.52 bits per heavy atom. The SMILES string of the molecule is COC(=O)c1ccc2c(c1)-c1c(C)cc(OC3CCS(O)(O)CC3)cc1CCC2. The zero-order chi connectivity index (χ0) is 20.6. The van der Waals surface area contributed by atoms with Crippen molar-refractivity contribution < 1.29 is 23.4 Å². The van der Waals surface area contributed by atoms with Gasteiger partial charge in [-0.05, 0) is 78.3 Å². The van der Waals surface area contributed by atoms with Gasteiger partial charge in [-0.25, -0.2) is 4.79 Å². The van der Waals surface area contributed by atoms with Gasteiger partial charge in [-0.3, -0.25) is 9.11 Å². The number of methoxy groups -OCH3 is 1. The monoisotopic (exact) mass is 416 g/mol. The predicted molar refractivity (Wildman–Crippen MR) is 116 cm³/mol. The lowest BCUT2D eigenvalue weighted by Crippen LogP contribution is -2.28. The van der Waals surface area contributed by atoms with Crippen LogP contribution in [0.4, 0.5) is 0 Å². The number of benzene rings is 2. The highest BCUT2D eigenvalue weighted by atomic mass is 32.3. The number of hydrogen-bond donors (Lipinski definition) is 2. The molecule has 5 nitrogen and oxygen atoms in total. The van der Waals surface area contributed by atoms with E-state index in [4.69, 9.17) is 9.47 Å². The van der Waals surface area contributed by atoms with Gasteiger partial charge in [0, 0.05) is 24.3 Å². The number of carbonyl (C=O) groups is 1. The van der Waals surface area contributed by atoms with E-state index in [-0.39, 0.29) is 12.1 Å². The van der Waals surface area contributed by atoms with Gasteiger partial charge in [0.1, 0.15) is 11.9 Å². The third kappa shape index (κ3) is 4.29. The predicted octanol–water partition coefficient (Wildman–Crippen LogP) is 5.23. The van der Waals surface area contributed by atoms with Gasteiger partial charge in [0.25, 0.3) is 0 Å². The van der Waals surface area contributed by atoms with Crippen molar-refractivity contribution in [3.8, 4) is 16.9 Å². The van der Waals surface area contributed by atoms with Crippen LogP contribution in [0.25, 0.3) is 11.1 Å². The van der Waals surface area contributed by atoms with Gasteiger partial charge < -0.3 is 9.47 Å². The lowest BCUT2D eigenvalue weighted by Gasteiger charge is -2.39. The van der Waals surface area contributed by atoms with Crippen molar-refractivity contribution in [3.63, 3.8) is 0 Å². The summed E-state index contributed by atoms with van der Waals surface area (Å²) >= 11 is 0. The van der Waals surface area contributed by atoms with Crippen LogP contribution in [0.1, 0.15) is 46.3 Å². The highest BCUT2D eigenvalue weighted by Crippen LogP contribution is 2.45. The molecule has 6 heteroatoms. The molecule has 0 unspecified atom stereocenters. The lowest BCUT2D eigenvalue weighted by molar-refractivity contribution is 0.0600. The normalized spacial score (nSPS) is 19.4. The molecule has 1 fully saturated rings. The quantitative estimate of drug-likeness (QED) is 0.670. The second-order valence-corrected chi connectivity index (χ2v) is 10.4. The maximum atomic E-state index is 12.0. The van der Waals surface area contributed by atoms with Gasteiger partial charge in [0.15, 0.2) is 0 Å². The molecule has 0 bridgehead atoms. The summed E-state index contributed by atoms with van der Waals surface area (Å²) in [5.41, 5.74) is 6.48. The fourth-order valence-electron chi connectivity index (χ4n) is 4.41. The van der Waals surface area contributed by atoms with E-state index in [2.05, 4.69) is 19.1 Å². The maximum Gasteiger partial charge on any atom is 0.337 e. The zero-order valence-electron chi connectivity index (χ0n) is 16.9. The molecule has 29 heavy (non-hydrogen) atoms. The van der Waals surface area contributed by atoms with Crippen molar-refractivity contribution >= 4 is 16.6 Å². The third-order valence-electron chi connectivity index (χ3n) is 5.92. The minimum atomic E-state index is -2.40. The molecule has 0 amide bonds. The molecule has 2 aliphatic rings. The maximum absolute atomic E-state index is 12.0. The molecule has 1 heterocycles. The molecule has 0 aromatic heterocycles. The Labute approximate surface area is 173 Å². The molecular formula is C23H28O5S. The van der Waals surface area contributed by atoms with Gasteiger partial charge in [-0.15, -0.1) is 0 Å². The van der Waals surface area contributed by atoms with Gasteiger partial charge in [0.2, 0.25) is 0 Å². The van der Waals surface area contributed by atoms with Gasteiger partial charge >= 0.3 is 5.97 Å². The summed E-state index contributed by atoms with van der Waals surface area (Å²) in [6, 6.07) is 10.0. The van der Waals surface area contributed by atoms with Crippen molar-refractivity contribution in [1.29, 1.82) is 0 Å². The molecule has 156 valence electrons. The van der Waals surface area contributed by atoms with E-state index in [0.29, 0.717) is 29.9 Å². The number of rotatable bonds is 3. The Kier molecular flexibility index (Phi) is 5.60. The minimum absolute atomic E-state index is 0.0244. The molecule has 1 aliphatic heterocycles. The Hall–Kier alpha value is -2.02. The zero-order valence-corrected chi connectivity index (χ0v) is 17.8. The van der Waals surface area contributed by atoms with Gasteiger partial charge in [-0.2, -0.15) is 10.6 Å². The van der Waals surface area contributed by atoms with E-state index in [1.165, 1.54) is 23.8 Å². The van der Waals surface area contributed by atoms with E-state index in [9.17, 15) is 13.9 Å². The van der Waals surface area contributed by atoms with Crippen molar-refractivity contribution in [2.75, 3.05) is 18.6 Å². The molecule has 1 aliphatic carbocycles. The Morgan fingerprint density at radius 1 is 1.07 bits per heavy atom. The summed E-state index contributed by atoms with van der Waals surface area (Å²) < 4.78 is 30.8. The van der Waals surface area contributed by atoms with E-state index in [0.717, 1.165) is 36.1 Å². The lowest BCUT2D eigenvalue weighted by atomic mass is 9.91. The molecular weight excluding hydrogens is 388 g/mol. The van der Waals surface area contributed by atoms with Crippen molar-refractivity contribution in [3.05, 3.63) is 52.6 Å². The first-order valence-electron chi connectivity index (χ1n) is 10.1. The van der Waals surface area contributed by atoms with E-state index < -0.39 is 10.6 Å².